The summed E-state index contributed by atoms with van der Waals surface area (Å²) in [4.78, 5) is 0. The molecule has 0 amide bonds. The Hall–Kier alpha value is -1.28. The Bertz CT molecular complexity index is 547. The third-order valence-corrected chi connectivity index (χ3v) is 4.19. The third-order valence-electron chi connectivity index (χ3n) is 4.19. The van der Waals surface area contributed by atoms with Crippen LogP contribution in [-0.4, -0.2) is 17.7 Å². The summed E-state index contributed by atoms with van der Waals surface area (Å²) in [6, 6.07) is 6.79. The van der Waals surface area contributed by atoms with Gasteiger partial charge in [-0.15, -0.1) is 0 Å². The first kappa shape index (κ1) is 11.8. The van der Waals surface area contributed by atoms with Gasteiger partial charge in [-0.05, 0) is 62.9 Å². The molecule has 1 N–H and O–H groups in total. The monoisotopic (exact) mass is 242 g/mol. The van der Waals surface area contributed by atoms with Crippen molar-refractivity contribution in [3.63, 3.8) is 0 Å². The number of aromatic nitrogens is 1. The molecule has 2 heteroatoms. The number of fused-ring (bicyclic) bond motifs is 1. The SMILES string of the molecule is Cc1ccc2c(c1)c(CC1CCNCC1)cn2C. The number of rotatable bonds is 2. The molecule has 3 rings (SSSR count). The summed E-state index contributed by atoms with van der Waals surface area (Å²) in [5.74, 6) is 0.859. The van der Waals surface area contributed by atoms with Gasteiger partial charge in [-0.25, -0.2) is 0 Å². The second-order valence-corrected chi connectivity index (χ2v) is 5.68. The highest BCUT2D eigenvalue weighted by Crippen LogP contribution is 2.26. The van der Waals surface area contributed by atoms with E-state index in [1.807, 2.05) is 0 Å². The molecule has 0 atom stereocenters. The van der Waals surface area contributed by atoms with Crippen LogP contribution >= 0.6 is 0 Å². The lowest BCUT2D eigenvalue weighted by Crippen LogP contribution is -2.28. The lowest BCUT2D eigenvalue weighted by atomic mass is 9.91. The minimum Gasteiger partial charge on any atom is -0.350 e. The Morgan fingerprint density at radius 2 is 2.06 bits per heavy atom. The first-order chi connectivity index (χ1) is 8.74. The highest BCUT2D eigenvalue weighted by Gasteiger charge is 2.16. The van der Waals surface area contributed by atoms with Crippen LogP contribution in [-0.2, 0) is 13.5 Å². The van der Waals surface area contributed by atoms with Gasteiger partial charge in [0.2, 0.25) is 0 Å². The van der Waals surface area contributed by atoms with Crippen LogP contribution in [0.3, 0.4) is 0 Å². The van der Waals surface area contributed by atoms with E-state index in [2.05, 4.69) is 48.3 Å². The van der Waals surface area contributed by atoms with E-state index in [4.69, 9.17) is 0 Å². The van der Waals surface area contributed by atoms with Crippen molar-refractivity contribution >= 4 is 10.9 Å². The van der Waals surface area contributed by atoms with Crippen molar-refractivity contribution in [3.05, 3.63) is 35.5 Å². The molecule has 0 radical (unpaired) electrons. The van der Waals surface area contributed by atoms with E-state index in [1.54, 1.807) is 0 Å². The second kappa shape index (κ2) is 4.77. The minimum absolute atomic E-state index is 0.859. The highest BCUT2D eigenvalue weighted by molar-refractivity contribution is 5.84. The lowest BCUT2D eigenvalue weighted by Gasteiger charge is -2.22. The van der Waals surface area contributed by atoms with Gasteiger partial charge in [0.15, 0.2) is 0 Å². The topological polar surface area (TPSA) is 17.0 Å². The molecular formula is C16H22N2. The molecule has 0 unspecified atom stereocenters. The molecular weight excluding hydrogens is 220 g/mol. The van der Waals surface area contributed by atoms with Crippen molar-refractivity contribution in [1.29, 1.82) is 0 Å². The van der Waals surface area contributed by atoms with E-state index >= 15 is 0 Å². The average molecular weight is 242 g/mol. The molecule has 0 aliphatic carbocycles. The summed E-state index contributed by atoms with van der Waals surface area (Å²) in [5, 5.41) is 4.90. The molecule has 1 aliphatic rings. The Morgan fingerprint density at radius 1 is 1.28 bits per heavy atom. The zero-order valence-corrected chi connectivity index (χ0v) is 11.4. The Morgan fingerprint density at radius 3 is 2.83 bits per heavy atom. The molecule has 2 heterocycles. The summed E-state index contributed by atoms with van der Waals surface area (Å²) in [5.41, 5.74) is 4.26. The van der Waals surface area contributed by atoms with Gasteiger partial charge < -0.3 is 9.88 Å². The van der Waals surface area contributed by atoms with E-state index in [-0.39, 0.29) is 0 Å². The minimum atomic E-state index is 0.859. The Balaban J connectivity index is 1.93. The average Bonchev–Trinajstić information content (AvgIpc) is 2.67. The summed E-state index contributed by atoms with van der Waals surface area (Å²) >= 11 is 0. The molecule has 0 bridgehead atoms. The largest absolute Gasteiger partial charge is 0.350 e. The van der Waals surface area contributed by atoms with Crippen molar-refractivity contribution in [1.82, 2.24) is 9.88 Å². The predicted molar refractivity (Wildman–Crippen MR) is 77.0 cm³/mol. The fourth-order valence-corrected chi connectivity index (χ4v) is 3.15. The lowest BCUT2D eigenvalue weighted by molar-refractivity contribution is 0.373. The van der Waals surface area contributed by atoms with Gasteiger partial charge in [0.25, 0.3) is 0 Å². The number of nitrogens with zero attached hydrogens (tertiary/aromatic N) is 1. The van der Waals surface area contributed by atoms with E-state index in [1.165, 1.54) is 54.4 Å². The number of hydrogen-bond donors (Lipinski definition) is 1. The first-order valence-electron chi connectivity index (χ1n) is 6.99. The normalized spacial score (nSPS) is 17.4. The molecule has 96 valence electrons. The van der Waals surface area contributed by atoms with Crippen molar-refractivity contribution < 1.29 is 0 Å². The Kier molecular flexibility index (Phi) is 3.13. The maximum Gasteiger partial charge on any atom is 0.0480 e. The van der Waals surface area contributed by atoms with Crippen molar-refractivity contribution in [2.75, 3.05) is 13.1 Å². The molecule has 1 aliphatic heterocycles. The fraction of sp³-hybridized carbons (Fsp3) is 0.500. The highest BCUT2D eigenvalue weighted by atomic mass is 14.9. The standard InChI is InChI=1S/C16H22N2/c1-12-3-4-16-15(9-12)14(11-18(16)2)10-13-5-7-17-8-6-13/h3-4,9,11,13,17H,5-8,10H2,1-2H3. The third kappa shape index (κ3) is 2.17. The van der Waals surface area contributed by atoms with E-state index in [0.29, 0.717) is 0 Å². The molecule has 1 aromatic heterocycles. The first-order valence-corrected chi connectivity index (χ1v) is 6.99. The second-order valence-electron chi connectivity index (χ2n) is 5.68. The summed E-state index contributed by atoms with van der Waals surface area (Å²) < 4.78 is 2.27. The molecule has 1 saturated heterocycles. The van der Waals surface area contributed by atoms with Gasteiger partial charge in [0.1, 0.15) is 0 Å². The van der Waals surface area contributed by atoms with Crippen molar-refractivity contribution in [3.8, 4) is 0 Å². The molecule has 2 aromatic rings. The van der Waals surface area contributed by atoms with Gasteiger partial charge >= 0.3 is 0 Å². The quantitative estimate of drug-likeness (QED) is 0.856. The summed E-state index contributed by atoms with van der Waals surface area (Å²) in [7, 11) is 2.16. The van der Waals surface area contributed by atoms with Gasteiger partial charge in [-0.2, -0.15) is 0 Å². The molecule has 0 saturated carbocycles. The van der Waals surface area contributed by atoms with Crippen LogP contribution in [0, 0.1) is 12.8 Å². The smallest absolute Gasteiger partial charge is 0.0480 e. The van der Waals surface area contributed by atoms with Crippen LogP contribution in [0.2, 0.25) is 0 Å². The maximum atomic E-state index is 3.45. The van der Waals surface area contributed by atoms with Crippen LogP contribution in [0.25, 0.3) is 10.9 Å². The number of benzene rings is 1. The van der Waals surface area contributed by atoms with Crippen LogP contribution in [0.4, 0.5) is 0 Å². The maximum absolute atomic E-state index is 3.45. The van der Waals surface area contributed by atoms with Crippen molar-refractivity contribution in [2.45, 2.75) is 26.2 Å². The van der Waals surface area contributed by atoms with Crippen molar-refractivity contribution in [2.24, 2.45) is 13.0 Å². The number of nitrogens with one attached hydrogen (secondary N) is 1. The molecule has 2 nitrogen and oxygen atoms in total. The van der Waals surface area contributed by atoms with E-state index < -0.39 is 0 Å². The molecule has 1 aromatic carbocycles. The number of aryl methyl sites for hydroxylation is 2. The van der Waals surface area contributed by atoms with E-state index in [9.17, 15) is 0 Å². The molecule has 18 heavy (non-hydrogen) atoms. The number of hydrogen-bond acceptors (Lipinski definition) is 1. The van der Waals surface area contributed by atoms with Gasteiger partial charge in [-0.1, -0.05) is 11.6 Å². The zero-order valence-electron chi connectivity index (χ0n) is 11.4. The van der Waals surface area contributed by atoms with Gasteiger partial charge in [0, 0.05) is 24.1 Å². The summed E-state index contributed by atoms with van der Waals surface area (Å²) in [6.07, 6.45) is 6.21. The van der Waals surface area contributed by atoms with Crippen LogP contribution in [0.15, 0.2) is 24.4 Å². The molecule has 1 fully saturated rings. The predicted octanol–water partition coefficient (Wildman–Crippen LogP) is 3.03. The van der Waals surface area contributed by atoms with Crippen LogP contribution in [0.5, 0.6) is 0 Å². The van der Waals surface area contributed by atoms with E-state index in [0.717, 1.165) is 5.92 Å². The fourth-order valence-electron chi connectivity index (χ4n) is 3.15. The van der Waals surface area contributed by atoms with Gasteiger partial charge in [0.05, 0.1) is 0 Å². The van der Waals surface area contributed by atoms with Crippen LogP contribution in [0.1, 0.15) is 24.0 Å². The van der Waals surface area contributed by atoms with Crippen LogP contribution < -0.4 is 5.32 Å². The van der Waals surface area contributed by atoms with Gasteiger partial charge in [-0.3, -0.25) is 0 Å². The zero-order chi connectivity index (χ0) is 12.5. The Labute approximate surface area is 109 Å². The summed E-state index contributed by atoms with van der Waals surface area (Å²) in [6.45, 7) is 4.56. The number of piperidine rings is 1. The molecule has 0 spiro atoms.